The molecule has 2 heterocycles. The third-order valence-corrected chi connectivity index (χ3v) is 2.70. The van der Waals surface area contributed by atoms with Gasteiger partial charge >= 0.3 is 0 Å². The van der Waals surface area contributed by atoms with E-state index in [0.717, 1.165) is 38.1 Å². The van der Waals surface area contributed by atoms with E-state index in [-0.39, 0.29) is 6.10 Å². The molecule has 5 nitrogen and oxygen atoms in total. The minimum absolute atomic E-state index is 0.0842. The van der Waals surface area contributed by atoms with Crippen LogP contribution in [0.2, 0.25) is 0 Å². The molecule has 1 fully saturated rings. The van der Waals surface area contributed by atoms with Crippen LogP contribution in [0.3, 0.4) is 0 Å². The maximum absolute atomic E-state index is 10.1. The third-order valence-electron chi connectivity index (χ3n) is 2.70. The second-order valence-corrected chi connectivity index (χ2v) is 3.88. The zero-order valence-corrected chi connectivity index (χ0v) is 8.96. The van der Waals surface area contributed by atoms with Gasteiger partial charge in [-0.1, -0.05) is 12.1 Å². The molecule has 84 valence electrons. The highest BCUT2D eigenvalue weighted by Gasteiger charge is 2.28. The summed E-state index contributed by atoms with van der Waals surface area (Å²) in [5.41, 5.74) is 0.767. The average molecular weight is 211 g/mol. The van der Waals surface area contributed by atoms with Crippen LogP contribution in [-0.4, -0.2) is 32.8 Å². The van der Waals surface area contributed by atoms with Crippen molar-refractivity contribution in [2.45, 2.75) is 44.9 Å². The molecule has 0 spiro atoms. The van der Waals surface area contributed by atoms with Crippen LogP contribution in [0.15, 0.2) is 6.20 Å². The predicted molar refractivity (Wildman–Crippen MR) is 54.2 cm³/mol. The normalized spacial score (nSPS) is 23.2. The van der Waals surface area contributed by atoms with Gasteiger partial charge in [0.2, 0.25) is 0 Å². The van der Waals surface area contributed by atoms with Crippen molar-refractivity contribution in [1.29, 1.82) is 0 Å². The molecule has 15 heavy (non-hydrogen) atoms. The van der Waals surface area contributed by atoms with Gasteiger partial charge in [0.05, 0.1) is 18.0 Å². The summed E-state index contributed by atoms with van der Waals surface area (Å²) in [5, 5.41) is 17.9. The van der Waals surface area contributed by atoms with Gasteiger partial charge in [0.25, 0.3) is 0 Å². The molecule has 0 bridgehead atoms. The van der Waals surface area contributed by atoms with Crippen LogP contribution in [0, 0.1) is 0 Å². The number of hydrogen-bond donors (Lipinski definition) is 1. The van der Waals surface area contributed by atoms with Gasteiger partial charge in [-0.05, 0) is 19.3 Å². The molecule has 0 radical (unpaired) electrons. The fourth-order valence-corrected chi connectivity index (χ4v) is 1.92. The van der Waals surface area contributed by atoms with Gasteiger partial charge in [0.15, 0.2) is 0 Å². The van der Waals surface area contributed by atoms with E-state index in [9.17, 15) is 5.11 Å². The van der Waals surface area contributed by atoms with E-state index in [0.29, 0.717) is 0 Å². The molecule has 1 saturated heterocycles. The lowest BCUT2D eigenvalue weighted by atomic mass is 10.1. The largest absolute Gasteiger partial charge is 0.384 e. The summed E-state index contributed by atoms with van der Waals surface area (Å²) in [6, 6.07) is 0. The molecule has 1 aliphatic heterocycles. The molecule has 0 aromatic carbocycles. The second kappa shape index (κ2) is 4.72. The Balaban J connectivity index is 2.09. The fourth-order valence-electron chi connectivity index (χ4n) is 1.92. The van der Waals surface area contributed by atoms with Gasteiger partial charge in [-0.25, -0.2) is 4.68 Å². The summed E-state index contributed by atoms with van der Waals surface area (Å²) < 4.78 is 7.21. The van der Waals surface area contributed by atoms with Crippen LogP contribution in [0.1, 0.15) is 38.0 Å². The van der Waals surface area contributed by atoms with Gasteiger partial charge in [-0.2, -0.15) is 0 Å². The van der Waals surface area contributed by atoms with E-state index in [1.165, 1.54) is 0 Å². The first-order chi connectivity index (χ1) is 7.33. The highest BCUT2D eigenvalue weighted by atomic mass is 16.5. The fraction of sp³-hybridized carbons (Fsp3) is 0.800. The van der Waals surface area contributed by atoms with Gasteiger partial charge < -0.3 is 9.84 Å². The van der Waals surface area contributed by atoms with Crippen molar-refractivity contribution in [3.05, 3.63) is 11.9 Å². The van der Waals surface area contributed by atoms with E-state index in [1.807, 2.05) is 0 Å². The van der Waals surface area contributed by atoms with Crippen LogP contribution in [0.4, 0.5) is 0 Å². The number of aliphatic hydroxyl groups is 1. The molecule has 0 aliphatic carbocycles. The topological polar surface area (TPSA) is 60.2 Å². The van der Waals surface area contributed by atoms with Crippen molar-refractivity contribution in [1.82, 2.24) is 15.0 Å². The Kier molecular flexibility index (Phi) is 3.33. The van der Waals surface area contributed by atoms with Crippen molar-refractivity contribution in [3.63, 3.8) is 0 Å². The molecular weight excluding hydrogens is 194 g/mol. The standard InChI is InChI=1S/C10H17N3O2/c1-2-5-13-8(7-11-12-13)10(14)9-4-3-6-15-9/h7,9-10,14H,2-6H2,1H3. The zero-order valence-electron chi connectivity index (χ0n) is 8.96. The van der Waals surface area contributed by atoms with E-state index in [1.54, 1.807) is 10.9 Å². The first-order valence-electron chi connectivity index (χ1n) is 5.51. The predicted octanol–water partition coefficient (Wildman–Crippen LogP) is 0.900. The van der Waals surface area contributed by atoms with Crippen molar-refractivity contribution >= 4 is 0 Å². The van der Waals surface area contributed by atoms with Crippen LogP contribution in [0.25, 0.3) is 0 Å². The maximum Gasteiger partial charge on any atom is 0.123 e. The summed E-state index contributed by atoms with van der Waals surface area (Å²) in [4.78, 5) is 0. The quantitative estimate of drug-likeness (QED) is 0.803. The third kappa shape index (κ3) is 2.18. The van der Waals surface area contributed by atoms with Crippen molar-refractivity contribution in [3.8, 4) is 0 Å². The molecule has 2 atom stereocenters. The maximum atomic E-state index is 10.1. The molecule has 5 heteroatoms. The molecule has 0 amide bonds. The minimum Gasteiger partial charge on any atom is -0.384 e. The summed E-state index contributed by atoms with van der Waals surface area (Å²) in [6.07, 6.45) is 3.87. The molecule has 1 aromatic rings. The first kappa shape index (κ1) is 10.6. The highest BCUT2D eigenvalue weighted by Crippen LogP contribution is 2.26. The van der Waals surface area contributed by atoms with E-state index in [2.05, 4.69) is 17.2 Å². The number of aliphatic hydroxyl groups excluding tert-OH is 1. The molecular formula is C10H17N3O2. The zero-order chi connectivity index (χ0) is 10.7. The van der Waals surface area contributed by atoms with Crippen molar-refractivity contribution in [2.24, 2.45) is 0 Å². The number of nitrogens with zero attached hydrogens (tertiary/aromatic N) is 3. The molecule has 1 N–H and O–H groups in total. The summed E-state index contributed by atoms with van der Waals surface area (Å²) in [7, 11) is 0. The van der Waals surface area contributed by atoms with E-state index >= 15 is 0 Å². The highest BCUT2D eigenvalue weighted by molar-refractivity contribution is 5.02. The number of aryl methyl sites for hydroxylation is 1. The molecule has 1 aliphatic rings. The van der Waals surface area contributed by atoms with Gasteiger partial charge in [0, 0.05) is 13.2 Å². The summed E-state index contributed by atoms with van der Waals surface area (Å²) in [6.45, 7) is 3.61. The van der Waals surface area contributed by atoms with Gasteiger partial charge in [0.1, 0.15) is 6.10 Å². The Morgan fingerprint density at radius 1 is 1.73 bits per heavy atom. The lowest BCUT2D eigenvalue weighted by Gasteiger charge is -2.17. The lowest BCUT2D eigenvalue weighted by Crippen LogP contribution is -2.20. The second-order valence-electron chi connectivity index (χ2n) is 3.88. The van der Waals surface area contributed by atoms with E-state index in [4.69, 9.17) is 4.74 Å². The number of rotatable bonds is 4. The molecule has 2 rings (SSSR count). The van der Waals surface area contributed by atoms with Gasteiger partial charge in [-0.3, -0.25) is 0 Å². The first-order valence-corrected chi connectivity index (χ1v) is 5.51. The molecule has 1 aromatic heterocycles. The monoisotopic (exact) mass is 211 g/mol. The smallest absolute Gasteiger partial charge is 0.123 e. The SMILES string of the molecule is CCCn1nncc1C(O)C1CCCO1. The van der Waals surface area contributed by atoms with Crippen LogP contribution in [-0.2, 0) is 11.3 Å². The minimum atomic E-state index is -0.589. The molecule has 2 unspecified atom stereocenters. The van der Waals surface area contributed by atoms with Gasteiger partial charge in [-0.15, -0.1) is 5.10 Å². The van der Waals surface area contributed by atoms with Crippen LogP contribution < -0.4 is 0 Å². The number of hydrogen-bond acceptors (Lipinski definition) is 4. The summed E-state index contributed by atoms with van der Waals surface area (Å²) >= 11 is 0. The van der Waals surface area contributed by atoms with Crippen LogP contribution >= 0.6 is 0 Å². The van der Waals surface area contributed by atoms with Crippen molar-refractivity contribution < 1.29 is 9.84 Å². The Morgan fingerprint density at radius 3 is 3.27 bits per heavy atom. The Hall–Kier alpha value is -0.940. The lowest BCUT2D eigenvalue weighted by molar-refractivity contribution is -0.00699. The van der Waals surface area contributed by atoms with Crippen LogP contribution in [0.5, 0.6) is 0 Å². The molecule has 0 saturated carbocycles. The van der Waals surface area contributed by atoms with E-state index < -0.39 is 6.10 Å². The Labute approximate surface area is 89.0 Å². The number of ether oxygens (including phenoxy) is 1. The average Bonchev–Trinajstić information content (AvgIpc) is 2.87. The Bertz CT molecular complexity index is 307. The summed E-state index contributed by atoms with van der Waals surface area (Å²) in [5.74, 6) is 0. The number of aromatic nitrogens is 3. The van der Waals surface area contributed by atoms with Crippen molar-refractivity contribution in [2.75, 3.05) is 6.61 Å². The Morgan fingerprint density at radius 2 is 2.60 bits per heavy atom.